The van der Waals surface area contributed by atoms with Crippen molar-refractivity contribution >= 4 is 27.5 Å². The molecule has 2 aromatic carbocycles. The zero-order valence-corrected chi connectivity index (χ0v) is 17.7. The first-order chi connectivity index (χ1) is 13.5. The van der Waals surface area contributed by atoms with Crippen molar-refractivity contribution in [1.29, 1.82) is 0 Å². The molecule has 0 saturated carbocycles. The maximum Gasteiger partial charge on any atom is 0.256 e. The molecule has 1 N–H and O–H groups in total. The number of likely N-dealkylation sites (N-methyl/N-ethyl adjacent to an activating group) is 1. The lowest BCUT2D eigenvalue weighted by Gasteiger charge is -2.32. The van der Waals surface area contributed by atoms with Gasteiger partial charge in [-0.05, 0) is 35.7 Å². The monoisotopic (exact) mass is 443 g/mol. The Kier molecular flexibility index (Phi) is 5.71. The van der Waals surface area contributed by atoms with E-state index >= 15 is 0 Å². The van der Waals surface area contributed by atoms with Gasteiger partial charge < -0.3 is 14.9 Å². The number of benzene rings is 2. The van der Waals surface area contributed by atoms with Gasteiger partial charge in [-0.25, -0.2) is 0 Å². The highest BCUT2D eigenvalue weighted by Crippen LogP contribution is 2.28. The number of aliphatic hydroxyl groups excluding tert-OH is 1. The van der Waals surface area contributed by atoms with Gasteiger partial charge in [0.05, 0.1) is 17.4 Å². The first-order valence-corrected chi connectivity index (χ1v) is 10.6. The van der Waals surface area contributed by atoms with E-state index in [1.165, 1.54) is 11.1 Å². The second-order valence-corrected chi connectivity index (χ2v) is 8.66. The van der Waals surface area contributed by atoms with Gasteiger partial charge in [0.25, 0.3) is 5.91 Å². The maximum absolute atomic E-state index is 13.0. The Morgan fingerprint density at radius 2 is 1.86 bits per heavy atom. The highest BCUT2D eigenvalue weighted by atomic mass is 79.9. The molecular weight excluding hydrogens is 418 g/mol. The van der Waals surface area contributed by atoms with Crippen LogP contribution in [0.25, 0.3) is 0 Å². The van der Waals surface area contributed by atoms with Gasteiger partial charge in [0.15, 0.2) is 0 Å². The van der Waals surface area contributed by atoms with Crippen LogP contribution in [0, 0.1) is 0 Å². The maximum atomic E-state index is 13.0. The lowest BCUT2D eigenvalue weighted by atomic mass is 10.00. The molecular formula is C22H26BrN3O2. The Morgan fingerprint density at radius 3 is 2.68 bits per heavy atom. The molecule has 28 heavy (non-hydrogen) atoms. The third-order valence-electron chi connectivity index (χ3n) is 5.70. The second kappa shape index (κ2) is 8.23. The fourth-order valence-electron chi connectivity index (χ4n) is 4.16. The first kappa shape index (κ1) is 19.4. The normalized spacial score (nSPS) is 18.5. The highest BCUT2D eigenvalue weighted by molar-refractivity contribution is 9.10. The zero-order chi connectivity index (χ0) is 19.7. The van der Waals surface area contributed by atoms with E-state index in [-0.39, 0.29) is 5.91 Å². The number of carbonyl (C=O) groups is 1. The van der Waals surface area contributed by atoms with Gasteiger partial charge in [-0.2, -0.15) is 0 Å². The summed E-state index contributed by atoms with van der Waals surface area (Å²) in [5, 5.41) is 10.7. The number of nitrogens with zero attached hydrogens (tertiary/aromatic N) is 3. The standard InChI is InChI=1S/C22H26BrN3O2/c1-24-10-11-26(22(28)20-7-6-18(23)12-21(20)24)15-19(27)14-25-9-8-16-4-2-3-5-17(16)13-25/h2-7,12,19,27H,8-11,13-15H2,1H3. The molecule has 0 saturated heterocycles. The molecule has 0 bridgehead atoms. The summed E-state index contributed by atoms with van der Waals surface area (Å²) >= 11 is 3.49. The van der Waals surface area contributed by atoms with Crippen molar-refractivity contribution in [2.24, 2.45) is 0 Å². The van der Waals surface area contributed by atoms with E-state index in [1.54, 1.807) is 4.90 Å². The summed E-state index contributed by atoms with van der Waals surface area (Å²) in [5.41, 5.74) is 4.38. The van der Waals surface area contributed by atoms with Crippen LogP contribution in [-0.2, 0) is 13.0 Å². The van der Waals surface area contributed by atoms with E-state index in [4.69, 9.17) is 0 Å². The first-order valence-electron chi connectivity index (χ1n) is 9.78. The largest absolute Gasteiger partial charge is 0.390 e. The third-order valence-corrected chi connectivity index (χ3v) is 6.20. The summed E-state index contributed by atoms with van der Waals surface area (Å²) in [7, 11) is 2.00. The molecule has 2 aromatic rings. The summed E-state index contributed by atoms with van der Waals surface area (Å²) in [4.78, 5) is 19.2. The smallest absolute Gasteiger partial charge is 0.256 e. The highest BCUT2D eigenvalue weighted by Gasteiger charge is 2.27. The summed E-state index contributed by atoms with van der Waals surface area (Å²) < 4.78 is 0.963. The molecule has 0 spiro atoms. The van der Waals surface area contributed by atoms with E-state index < -0.39 is 6.10 Å². The van der Waals surface area contributed by atoms with Gasteiger partial charge in [0.2, 0.25) is 0 Å². The lowest BCUT2D eigenvalue weighted by Crippen LogP contribution is -2.44. The van der Waals surface area contributed by atoms with Gasteiger partial charge in [-0.1, -0.05) is 40.2 Å². The Labute approximate surface area is 174 Å². The number of anilines is 1. The summed E-state index contributed by atoms with van der Waals surface area (Å²) in [6.45, 7) is 4.12. The number of carbonyl (C=O) groups excluding carboxylic acids is 1. The summed E-state index contributed by atoms with van der Waals surface area (Å²) in [6.07, 6.45) is 0.454. The minimum Gasteiger partial charge on any atom is -0.390 e. The molecule has 0 aromatic heterocycles. The van der Waals surface area contributed by atoms with E-state index in [1.807, 2.05) is 25.2 Å². The van der Waals surface area contributed by atoms with Crippen LogP contribution in [-0.4, -0.2) is 66.7 Å². The van der Waals surface area contributed by atoms with Gasteiger partial charge in [-0.3, -0.25) is 9.69 Å². The zero-order valence-electron chi connectivity index (χ0n) is 16.1. The predicted molar refractivity (Wildman–Crippen MR) is 115 cm³/mol. The van der Waals surface area contributed by atoms with E-state index in [9.17, 15) is 9.90 Å². The molecule has 1 atom stereocenters. The lowest BCUT2D eigenvalue weighted by molar-refractivity contribution is 0.0521. The summed E-state index contributed by atoms with van der Waals surface area (Å²) in [6, 6.07) is 14.3. The number of aliphatic hydroxyl groups is 1. The Bertz CT molecular complexity index is 873. The quantitative estimate of drug-likeness (QED) is 0.788. The van der Waals surface area contributed by atoms with Crippen LogP contribution >= 0.6 is 15.9 Å². The van der Waals surface area contributed by atoms with Crippen molar-refractivity contribution in [3.05, 3.63) is 63.6 Å². The van der Waals surface area contributed by atoms with Crippen LogP contribution in [0.1, 0.15) is 21.5 Å². The van der Waals surface area contributed by atoms with Gasteiger partial charge >= 0.3 is 0 Å². The van der Waals surface area contributed by atoms with Crippen LogP contribution < -0.4 is 4.90 Å². The fraction of sp³-hybridized carbons (Fsp3) is 0.409. The Hall–Kier alpha value is -1.89. The molecule has 0 radical (unpaired) electrons. The summed E-state index contributed by atoms with van der Waals surface area (Å²) in [5.74, 6) is -0.00473. The van der Waals surface area contributed by atoms with Gasteiger partial charge in [0, 0.05) is 50.8 Å². The number of hydrogen-bond acceptors (Lipinski definition) is 4. The SMILES string of the molecule is CN1CCN(CC(O)CN2CCc3ccccc3C2)C(=O)c2ccc(Br)cc21. The molecule has 2 aliphatic heterocycles. The topological polar surface area (TPSA) is 47.0 Å². The molecule has 1 amide bonds. The minimum atomic E-state index is -0.559. The number of fused-ring (bicyclic) bond motifs is 2. The molecule has 148 valence electrons. The molecule has 2 aliphatic rings. The van der Waals surface area contributed by atoms with Gasteiger partial charge in [-0.15, -0.1) is 0 Å². The number of β-amino-alcohol motifs (C(OH)–C–C–N with tert-alkyl or cyclic N) is 1. The van der Waals surface area contributed by atoms with Crippen LogP contribution in [0.15, 0.2) is 46.9 Å². The van der Waals surface area contributed by atoms with Crippen molar-refractivity contribution in [3.8, 4) is 0 Å². The molecule has 2 heterocycles. The Balaban J connectivity index is 1.41. The van der Waals surface area contributed by atoms with E-state index in [0.717, 1.165) is 36.2 Å². The predicted octanol–water partition coefficient (Wildman–Crippen LogP) is 2.76. The van der Waals surface area contributed by atoms with Crippen LogP contribution in [0.3, 0.4) is 0 Å². The van der Waals surface area contributed by atoms with Crippen LogP contribution in [0.2, 0.25) is 0 Å². The van der Waals surface area contributed by atoms with Crippen molar-refractivity contribution in [2.75, 3.05) is 44.7 Å². The van der Waals surface area contributed by atoms with Crippen molar-refractivity contribution in [3.63, 3.8) is 0 Å². The Morgan fingerprint density at radius 1 is 1.07 bits per heavy atom. The third kappa shape index (κ3) is 4.09. The van der Waals surface area contributed by atoms with Crippen molar-refractivity contribution in [2.45, 2.75) is 19.1 Å². The van der Waals surface area contributed by atoms with Crippen molar-refractivity contribution < 1.29 is 9.90 Å². The van der Waals surface area contributed by atoms with Gasteiger partial charge in [0.1, 0.15) is 0 Å². The number of hydrogen-bond donors (Lipinski definition) is 1. The molecule has 5 nitrogen and oxygen atoms in total. The minimum absolute atomic E-state index is 0.00473. The average molecular weight is 444 g/mol. The van der Waals surface area contributed by atoms with E-state index in [0.29, 0.717) is 25.2 Å². The number of halogens is 1. The number of rotatable bonds is 4. The molecule has 6 heteroatoms. The molecule has 4 rings (SSSR count). The average Bonchev–Trinajstić information content (AvgIpc) is 2.80. The van der Waals surface area contributed by atoms with Crippen LogP contribution in [0.4, 0.5) is 5.69 Å². The van der Waals surface area contributed by atoms with Crippen LogP contribution in [0.5, 0.6) is 0 Å². The second-order valence-electron chi connectivity index (χ2n) is 7.74. The van der Waals surface area contributed by atoms with Crippen molar-refractivity contribution in [1.82, 2.24) is 9.80 Å². The van der Waals surface area contributed by atoms with E-state index in [2.05, 4.69) is 50.0 Å². The molecule has 1 unspecified atom stereocenters. The fourth-order valence-corrected chi connectivity index (χ4v) is 4.51. The molecule has 0 fully saturated rings. The number of amides is 1. The molecule has 0 aliphatic carbocycles.